The number of para-hydroxylation sites is 1. The average Bonchev–Trinajstić information content (AvgIpc) is 3.51. The maximum Gasteiger partial charge on any atom is 0.0963 e. The highest BCUT2D eigenvalue weighted by Crippen LogP contribution is 2.44. The lowest BCUT2D eigenvalue weighted by molar-refractivity contribution is 1.17. The highest BCUT2D eigenvalue weighted by Gasteiger charge is 2.18. The number of pyridine rings is 2. The van der Waals surface area contributed by atoms with Crippen LogP contribution in [0.4, 0.5) is 0 Å². The molecule has 0 aliphatic heterocycles. The van der Waals surface area contributed by atoms with Gasteiger partial charge in [-0.15, -0.1) is 0 Å². The van der Waals surface area contributed by atoms with E-state index < -0.39 is 0 Å². The van der Waals surface area contributed by atoms with Gasteiger partial charge in [0, 0.05) is 40.8 Å². The molecule has 0 radical (unpaired) electrons. The van der Waals surface area contributed by atoms with Crippen molar-refractivity contribution in [1.82, 2.24) is 14.5 Å². The summed E-state index contributed by atoms with van der Waals surface area (Å²) in [7, 11) is 0. The van der Waals surface area contributed by atoms with E-state index in [-0.39, 0.29) is 0 Å². The third-order valence-corrected chi connectivity index (χ3v) is 9.88. The van der Waals surface area contributed by atoms with Crippen LogP contribution in [0, 0.1) is 0 Å². The van der Waals surface area contributed by atoms with E-state index in [0.717, 1.165) is 44.3 Å². The van der Waals surface area contributed by atoms with Crippen molar-refractivity contribution >= 4 is 54.3 Å². The Hall–Kier alpha value is -6.58. The van der Waals surface area contributed by atoms with E-state index in [1.54, 1.807) is 0 Å². The molecule has 0 spiro atoms. The van der Waals surface area contributed by atoms with Crippen LogP contribution in [0.1, 0.15) is 0 Å². The molecule has 3 heteroatoms. The lowest BCUT2D eigenvalue weighted by atomic mass is 9.85. The first-order valence-electron chi connectivity index (χ1n) is 16.6. The molecule has 0 atom stereocenters. The molecule has 0 amide bonds. The number of hydrogen-bond acceptors (Lipinski definition) is 2. The topological polar surface area (TPSA) is 30.7 Å². The van der Waals surface area contributed by atoms with Crippen molar-refractivity contribution in [3.8, 4) is 39.1 Å². The van der Waals surface area contributed by atoms with Gasteiger partial charge in [0.05, 0.1) is 16.6 Å². The van der Waals surface area contributed by atoms with E-state index in [4.69, 9.17) is 9.97 Å². The fourth-order valence-corrected chi connectivity index (χ4v) is 7.69. The summed E-state index contributed by atoms with van der Waals surface area (Å²) in [6.45, 7) is 0. The zero-order valence-electron chi connectivity index (χ0n) is 26.6. The molecule has 3 nitrogen and oxygen atoms in total. The van der Waals surface area contributed by atoms with Gasteiger partial charge in [-0.25, -0.2) is 0 Å². The Balaban J connectivity index is 1.12. The molecule has 0 saturated carbocycles. The standard InChI is InChI=1S/C46H29N3/c1-2-11-32-26-33(20-19-30(32)10-1)44-37-12-3-5-14-39(37)45(40-15-6-4-13-38(40)44)35-27-34(28-47-29-35)31-21-23-36(24-22-31)49-42-17-8-7-16-41(42)46-43(49)18-9-25-48-46/h1-29H. The van der Waals surface area contributed by atoms with Gasteiger partial charge < -0.3 is 4.57 Å². The van der Waals surface area contributed by atoms with Gasteiger partial charge >= 0.3 is 0 Å². The molecule has 7 aromatic carbocycles. The van der Waals surface area contributed by atoms with Gasteiger partial charge in [0.1, 0.15) is 0 Å². The maximum absolute atomic E-state index is 4.81. The summed E-state index contributed by atoms with van der Waals surface area (Å²) in [5.41, 5.74) is 11.4. The van der Waals surface area contributed by atoms with Crippen LogP contribution in [-0.4, -0.2) is 14.5 Å². The molecule has 10 aromatic rings. The van der Waals surface area contributed by atoms with Gasteiger partial charge in [0.25, 0.3) is 0 Å². The Bertz CT molecular complexity index is 2770. The van der Waals surface area contributed by atoms with Gasteiger partial charge in [-0.05, 0) is 97.0 Å². The minimum atomic E-state index is 1.02. The Morgan fingerprint density at radius 3 is 1.69 bits per heavy atom. The van der Waals surface area contributed by atoms with Gasteiger partial charge in [-0.2, -0.15) is 0 Å². The fourth-order valence-electron chi connectivity index (χ4n) is 7.69. The minimum absolute atomic E-state index is 1.02. The van der Waals surface area contributed by atoms with Gasteiger partial charge in [0.2, 0.25) is 0 Å². The second-order valence-electron chi connectivity index (χ2n) is 12.6. The summed E-state index contributed by atoms with van der Waals surface area (Å²) < 4.78 is 2.30. The zero-order valence-corrected chi connectivity index (χ0v) is 26.6. The molecule has 0 aliphatic carbocycles. The first kappa shape index (κ1) is 27.5. The van der Waals surface area contributed by atoms with Crippen LogP contribution in [0.15, 0.2) is 176 Å². The molecule has 0 aliphatic rings. The molecular formula is C46H29N3. The summed E-state index contributed by atoms with van der Waals surface area (Å²) in [5, 5.41) is 8.57. The van der Waals surface area contributed by atoms with Gasteiger partial charge in [0.15, 0.2) is 0 Å². The number of fused-ring (bicyclic) bond motifs is 6. The van der Waals surface area contributed by atoms with Gasteiger partial charge in [-0.1, -0.05) is 115 Å². The lowest BCUT2D eigenvalue weighted by Gasteiger charge is -2.18. The Labute approximate surface area is 283 Å². The Morgan fingerprint density at radius 2 is 0.959 bits per heavy atom. The smallest absolute Gasteiger partial charge is 0.0963 e. The number of nitrogens with zero attached hydrogens (tertiary/aromatic N) is 3. The molecular weight excluding hydrogens is 595 g/mol. The Morgan fingerprint density at radius 1 is 0.388 bits per heavy atom. The number of aromatic nitrogens is 3. The predicted molar refractivity (Wildman–Crippen MR) is 205 cm³/mol. The normalized spacial score (nSPS) is 11.7. The van der Waals surface area contributed by atoms with Crippen molar-refractivity contribution in [2.75, 3.05) is 0 Å². The molecule has 0 saturated heterocycles. The summed E-state index contributed by atoms with van der Waals surface area (Å²) >= 11 is 0. The van der Waals surface area contributed by atoms with Crippen LogP contribution in [0.5, 0.6) is 0 Å². The highest BCUT2D eigenvalue weighted by molar-refractivity contribution is 6.21. The van der Waals surface area contributed by atoms with Crippen LogP contribution in [-0.2, 0) is 0 Å². The molecule has 49 heavy (non-hydrogen) atoms. The summed E-state index contributed by atoms with van der Waals surface area (Å²) in [6.07, 6.45) is 5.84. The number of hydrogen-bond donors (Lipinski definition) is 0. The molecule has 3 aromatic heterocycles. The maximum atomic E-state index is 4.81. The molecule has 0 bridgehead atoms. The van der Waals surface area contributed by atoms with Crippen molar-refractivity contribution in [2.24, 2.45) is 0 Å². The molecule has 0 N–H and O–H groups in total. The summed E-state index contributed by atoms with van der Waals surface area (Å²) in [4.78, 5) is 9.51. The van der Waals surface area contributed by atoms with Crippen LogP contribution < -0.4 is 0 Å². The zero-order chi connectivity index (χ0) is 32.3. The second kappa shape index (κ2) is 11.0. The van der Waals surface area contributed by atoms with Crippen LogP contribution in [0.25, 0.3) is 93.3 Å². The molecule has 3 heterocycles. The fraction of sp³-hybridized carbons (Fsp3) is 0. The highest BCUT2D eigenvalue weighted by atomic mass is 15.0. The van der Waals surface area contributed by atoms with Crippen molar-refractivity contribution in [2.45, 2.75) is 0 Å². The van der Waals surface area contributed by atoms with E-state index in [9.17, 15) is 0 Å². The molecule has 228 valence electrons. The summed E-state index contributed by atoms with van der Waals surface area (Å²) in [6, 6.07) is 56.7. The third-order valence-electron chi connectivity index (χ3n) is 9.88. The van der Waals surface area contributed by atoms with Crippen LogP contribution >= 0.6 is 0 Å². The van der Waals surface area contributed by atoms with Crippen LogP contribution in [0.3, 0.4) is 0 Å². The first-order valence-corrected chi connectivity index (χ1v) is 16.6. The largest absolute Gasteiger partial charge is 0.308 e. The lowest BCUT2D eigenvalue weighted by Crippen LogP contribution is -1.94. The van der Waals surface area contributed by atoms with Crippen molar-refractivity contribution in [3.05, 3.63) is 176 Å². The SMILES string of the molecule is c1ccc2cc(-c3c4ccccc4c(-c4cncc(-c5ccc(-n6c7ccccc7c7ncccc76)cc5)c4)c4ccccc34)ccc2c1. The Kier molecular flexibility index (Phi) is 6.18. The van der Waals surface area contributed by atoms with Gasteiger partial charge in [-0.3, -0.25) is 9.97 Å². The van der Waals surface area contributed by atoms with E-state index in [1.165, 1.54) is 49.0 Å². The molecule has 0 fully saturated rings. The number of rotatable bonds is 4. The molecule has 10 rings (SSSR count). The average molecular weight is 624 g/mol. The van der Waals surface area contributed by atoms with Crippen molar-refractivity contribution in [3.63, 3.8) is 0 Å². The minimum Gasteiger partial charge on any atom is -0.308 e. The van der Waals surface area contributed by atoms with E-state index in [0.29, 0.717) is 0 Å². The number of benzene rings is 7. The van der Waals surface area contributed by atoms with E-state index >= 15 is 0 Å². The van der Waals surface area contributed by atoms with E-state index in [2.05, 4.69) is 156 Å². The summed E-state index contributed by atoms with van der Waals surface area (Å²) in [5.74, 6) is 0. The first-order chi connectivity index (χ1) is 24.3. The quantitative estimate of drug-likeness (QED) is 0.183. The monoisotopic (exact) mass is 623 g/mol. The van der Waals surface area contributed by atoms with Crippen molar-refractivity contribution in [1.29, 1.82) is 0 Å². The molecule has 0 unspecified atom stereocenters. The van der Waals surface area contributed by atoms with Crippen LogP contribution in [0.2, 0.25) is 0 Å². The van der Waals surface area contributed by atoms with Crippen molar-refractivity contribution < 1.29 is 0 Å². The second-order valence-corrected chi connectivity index (χ2v) is 12.6. The predicted octanol–water partition coefficient (Wildman–Crippen LogP) is 12.0. The van der Waals surface area contributed by atoms with E-state index in [1.807, 2.05) is 24.7 Å². The third kappa shape index (κ3) is 4.37.